The van der Waals surface area contributed by atoms with Gasteiger partial charge in [0.15, 0.2) is 17.8 Å². The fourth-order valence-electron chi connectivity index (χ4n) is 2.83. The van der Waals surface area contributed by atoms with Crippen molar-refractivity contribution in [2.45, 2.75) is 6.23 Å². The summed E-state index contributed by atoms with van der Waals surface area (Å²) in [5, 5.41) is 11.9. The monoisotopic (exact) mass is 394 g/mol. The van der Waals surface area contributed by atoms with Crippen LogP contribution < -0.4 is 19.7 Å². The Labute approximate surface area is 160 Å². The number of nitrogens with one attached hydrogen (secondary N) is 1. The van der Waals surface area contributed by atoms with E-state index in [1.807, 2.05) is 4.90 Å². The first-order valence-electron chi connectivity index (χ1n) is 8.70. The van der Waals surface area contributed by atoms with Crippen molar-refractivity contribution in [1.29, 1.82) is 0 Å². The van der Waals surface area contributed by atoms with E-state index in [9.17, 15) is 13.6 Å². The van der Waals surface area contributed by atoms with Gasteiger partial charge in [-0.1, -0.05) is 0 Å². The summed E-state index contributed by atoms with van der Waals surface area (Å²) in [6, 6.07) is 10.1. The van der Waals surface area contributed by atoms with Crippen LogP contribution in [0.1, 0.15) is 0 Å². The Morgan fingerprint density at radius 1 is 1.14 bits per heavy atom. The van der Waals surface area contributed by atoms with Gasteiger partial charge in [0.05, 0.1) is 6.54 Å². The highest BCUT2D eigenvalue weighted by atomic mass is 19.1. The third kappa shape index (κ3) is 5.23. The molecule has 0 saturated carbocycles. The number of halogens is 2. The summed E-state index contributed by atoms with van der Waals surface area (Å²) in [6.45, 7) is 1.91. The molecule has 28 heavy (non-hydrogen) atoms. The maximum atomic E-state index is 13.5. The van der Waals surface area contributed by atoms with Gasteiger partial charge in [-0.25, -0.2) is 13.6 Å². The molecule has 1 aliphatic rings. The minimum atomic E-state index is -1.33. The van der Waals surface area contributed by atoms with Crippen LogP contribution in [-0.4, -0.2) is 50.3 Å². The first-order chi connectivity index (χ1) is 13.5. The highest BCUT2D eigenvalue weighted by Gasteiger charge is 2.25. The van der Waals surface area contributed by atoms with Crippen molar-refractivity contribution in [1.82, 2.24) is 5.32 Å². The molecule has 0 bridgehead atoms. The summed E-state index contributed by atoms with van der Waals surface area (Å²) in [7, 11) is 0. The predicted molar refractivity (Wildman–Crippen MR) is 96.9 cm³/mol. The van der Waals surface area contributed by atoms with Gasteiger partial charge in [0.25, 0.3) is 0 Å². The number of carbonyl (C=O) groups is 1. The van der Waals surface area contributed by atoms with Crippen molar-refractivity contribution in [3.63, 3.8) is 0 Å². The number of carboxylic acid groups (broad SMARTS) is 1. The van der Waals surface area contributed by atoms with E-state index in [4.69, 9.17) is 19.3 Å². The second-order valence-electron chi connectivity index (χ2n) is 6.00. The van der Waals surface area contributed by atoms with E-state index in [2.05, 4.69) is 5.32 Å². The van der Waals surface area contributed by atoms with Gasteiger partial charge in [-0.15, -0.1) is 0 Å². The standard InChI is InChI=1S/C19H20F2N2O5/c20-13-1-6-16(21)17(11-13)27-10-9-26-15-4-2-14(3-5-15)23-8-7-22-12-18(23)28-19(24)25/h1-6,11,18,22H,7-10,12H2,(H,24,25). The molecular formula is C19H20F2N2O5. The van der Waals surface area contributed by atoms with E-state index in [-0.39, 0.29) is 19.0 Å². The molecule has 1 fully saturated rings. The summed E-state index contributed by atoms with van der Waals surface area (Å²) in [4.78, 5) is 12.7. The number of rotatable bonds is 7. The van der Waals surface area contributed by atoms with E-state index < -0.39 is 24.0 Å². The highest BCUT2D eigenvalue weighted by Crippen LogP contribution is 2.23. The zero-order valence-corrected chi connectivity index (χ0v) is 14.9. The first kappa shape index (κ1) is 19.7. The van der Waals surface area contributed by atoms with Gasteiger partial charge in [0.1, 0.15) is 24.8 Å². The van der Waals surface area contributed by atoms with Gasteiger partial charge in [0, 0.05) is 24.8 Å². The van der Waals surface area contributed by atoms with Crippen LogP contribution >= 0.6 is 0 Å². The number of benzene rings is 2. The molecule has 9 heteroatoms. The molecule has 1 aliphatic heterocycles. The molecule has 150 valence electrons. The first-order valence-corrected chi connectivity index (χ1v) is 8.70. The topological polar surface area (TPSA) is 80.3 Å². The molecule has 7 nitrogen and oxygen atoms in total. The van der Waals surface area contributed by atoms with Crippen molar-refractivity contribution in [2.75, 3.05) is 37.7 Å². The minimum absolute atomic E-state index is 0.0500. The van der Waals surface area contributed by atoms with Gasteiger partial charge in [-0.3, -0.25) is 0 Å². The van der Waals surface area contributed by atoms with Crippen LogP contribution in [0.5, 0.6) is 11.5 Å². The van der Waals surface area contributed by atoms with Crippen LogP contribution in [0.15, 0.2) is 42.5 Å². The molecule has 0 aromatic heterocycles. The normalized spacial score (nSPS) is 16.5. The second-order valence-corrected chi connectivity index (χ2v) is 6.00. The van der Waals surface area contributed by atoms with Gasteiger partial charge < -0.3 is 29.5 Å². The molecule has 0 aliphatic carbocycles. The third-order valence-electron chi connectivity index (χ3n) is 4.10. The number of piperazine rings is 1. The van der Waals surface area contributed by atoms with Crippen LogP contribution in [0, 0.1) is 11.6 Å². The maximum Gasteiger partial charge on any atom is 0.507 e. The minimum Gasteiger partial charge on any atom is -0.490 e. The molecule has 2 aromatic rings. The zero-order valence-electron chi connectivity index (χ0n) is 14.9. The van der Waals surface area contributed by atoms with Gasteiger partial charge >= 0.3 is 6.16 Å². The Morgan fingerprint density at radius 3 is 2.64 bits per heavy atom. The number of anilines is 1. The molecule has 1 saturated heterocycles. The Morgan fingerprint density at radius 2 is 1.89 bits per heavy atom. The van der Waals surface area contributed by atoms with Gasteiger partial charge in [0.2, 0.25) is 0 Å². The van der Waals surface area contributed by atoms with Crippen molar-refractivity contribution >= 4 is 11.8 Å². The van der Waals surface area contributed by atoms with E-state index in [0.717, 1.165) is 23.9 Å². The molecule has 2 N–H and O–H groups in total. The number of ether oxygens (including phenoxy) is 3. The molecule has 0 spiro atoms. The van der Waals surface area contributed by atoms with Crippen LogP contribution in [-0.2, 0) is 4.74 Å². The Balaban J connectivity index is 1.51. The Bertz CT molecular complexity index is 803. The van der Waals surface area contributed by atoms with E-state index in [0.29, 0.717) is 25.4 Å². The Kier molecular flexibility index (Phi) is 6.49. The summed E-state index contributed by atoms with van der Waals surface area (Å²) in [5.74, 6) is -0.814. The molecule has 0 radical (unpaired) electrons. The summed E-state index contributed by atoms with van der Waals surface area (Å²) in [6.07, 6.45) is -1.93. The average molecular weight is 394 g/mol. The largest absolute Gasteiger partial charge is 0.507 e. The third-order valence-corrected chi connectivity index (χ3v) is 4.10. The molecule has 0 amide bonds. The van der Waals surface area contributed by atoms with Crippen molar-refractivity contribution < 1.29 is 32.9 Å². The molecule has 2 aromatic carbocycles. The van der Waals surface area contributed by atoms with Gasteiger partial charge in [-0.05, 0) is 36.4 Å². The highest BCUT2D eigenvalue weighted by molar-refractivity contribution is 5.58. The smallest absolute Gasteiger partial charge is 0.490 e. The molecule has 1 unspecified atom stereocenters. The Hall–Kier alpha value is -3.07. The zero-order chi connectivity index (χ0) is 19.9. The summed E-state index contributed by atoms with van der Waals surface area (Å²) in [5.41, 5.74) is 0.804. The molecule has 1 heterocycles. The van der Waals surface area contributed by atoms with Gasteiger partial charge in [-0.2, -0.15) is 0 Å². The van der Waals surface area contributed by atoms with Crippen molar-refractivity contribution in [3.05, 3.63) is 54.1 Å². The van der Waals surface area contributed by atoms with E-state index >= 15 is 0 Å². The predicted octanol–water partition coefficient (Wildman–Crippen LogP) is 2.85. The molecule has 1 atom stereocenters. The second kappa shape index (κ2) is 9.23. The molecule has 3 rings (SSSR count). The molecular weight excluding hydrogens is 374 g/mol. The van der Waals surface area contributed by atoms with Crippen LogP contribution in [0.25, 0.3) is 0 Å². The van der Waals surface area contributed by atoms with E-state index in [1.165, 1.54) is 0 Å². The average Bonchev–Trinajstić information content (AvgIpc) is 2.68. The lowest BCUT2D eigenvalue weighted by Gasteiger charge is -2.36. The quantitative estimate of drug-likeness (QED) is 0.552. The summed E-state index contributed by atoms with van der Waals surface area (Å²) < 4.78 is 42.2. The van der Waals surface area contributed by atoms with Crippen LogP contribution in [0.3, 0.4) is 0 Å². The number of hydrogen-bond acceptors (Lipinski definition) is 6. The number of nitrogens with zero attached hydrogens (tertiary/aromatic N) is 1. The van der Waals surface area contributed by atoms with Crippen LogP contribution in [0.2, 0.25) is 0 Å². The lowest BCUT2D eigenvalue weighted by Crippen LogP contribution is -2.53. The van der Waals surface area contributed by atoms with E-state index in [1.54, 1.807) is 24.3 Å². The lowest BCUT2D eigenvalue weighted by molar-refractivity contribution is 0.0452. The lowest BCUT2D eigenvalue weighted by atomic mass is 10.2. The fraction of sp³-hybridized carbons (Fsp3) is 0.316. The van der Waals surface area contributed by atoms with Crippen molar-refractivity contribution in [2.24, 2.45) is 0 Å². The van der Waals surface area contributed by atoms with Crippen molar-refractivity contribution in [3.8, 4) is 11.5 Å². The number of hydrogen-bond donors (Lipinski definition) is 2. The summed E-state index contributed by atoms with van der Waals surface area (Å²) >= 11 is 0. The fourth-order valence-corrected chi connectivity index (χ4v) is 2.83. The van der Waals surface area contributed by atoms with Crippen LogP contribution in [0.4, 0.5) is 19.3 Å². The SMILES string of the molecule is O=C(O)OC1CNCCN1c1ccc(OCCOc2cc(F)ccc2F)cc1. The maximum absolute atomic E-state index is 13.5.